The van der Waals surface area contributed by atoms with E-state index in [2.05, 4.69) is 4.98 Å². The molecule has 0 spiro atoms. The smallest absolute Gasteiger partial charge is 0.142 e. The minimum atomic E-state index is 0.193. The summed E-state index contributed by atoms with van der Waals surface area (Å²) in [6.45, 7) is 0. The number of aromatic hydroxyl groups is 1. The van der Waals surface area contributed by atoms with E-state index in [0.717, 1.165) is 22.5 Å². The van der Waals surface area contributed by atoms with Crippen molar-refractivity contribution in [2.24, 2.45) is 0 Å². The van der Waals surface area contributed by atoms with E-state index in [9.17, 15) is 5.11 Å². The highest BCUT2D eigenvalue weighted by Gasteiger charge is 2.16. The summed E-state index contributed by atoms with van der Waals surface area (Å²) in [6, 6.07) is 24.8. The van der Waals surface area contributed by atoms with Gasteiger partial charge in [0.2, 0.25) is 0 Å². The van der Waals surface area contributed by atoms with Gasteiger partial charge in [0, 0.05) is 16.1 Å². The molecule has 3 nitrogen and oxygen atoms in total. The Hall–Kier alpha value is -3.04. The summed E-state index contributed by atoms with van der Waals surface area (Å²) in [5.74, 6) is 0.820. The zero-order chi connectivity index (χ0) is 17.2. The molecule has 0 atom stereocenters. The van der Waals surface area contributed by atoms with Crippen molar-refractivity contribution in [3.8, 4) is 39.7 Å². The van der Waals surface area contributed by atoms with E-state index < -0.39 is 0 Å². The maximum atomic E-state index is 10.2. The number of nitrogens with one attached hydrogen (secondary N) is 1. The summed E-state index contributed by atoms with van der Waals surface area (Å²) < 4.78 is 0. The molecule has 4 rings (SSSR count). The number of phenols is 1. The van der Waals surface area contributed by atoms with E-state index in [4.69, 9.17) is 16.6 Å². The number of aromatic nitrogens is 2. The van der Waals surface area contributed by atoms with E-state index in [1.165, 1.54) is 0 Å². The van der Waals surface area contributed by atoms with Gasteiger partial charge in [0.05, 0.1) is 17.0 Å². The standard InChI is InChI=1S/C21H15ClN2O/c22-16-12-10-15(11-13-16)20-19(14-6-2-1-3-7-14)23-21(24-20)17-8-4-5-9-18(17)25/h1-13,25H,(H,23,24). The summed E-state index contributed by atoms with van der Waals surface area (Å²) in [4.78, 5) is 8.12. The van der Waals surface area contributed by atoms with E-state index in [1.807, 2.05) is 66.7 Å². The first-order chi connectivity index (χ1) is 12.2. The van der Waals surface area contributed by atoms with Crippen LogP contribution in [0.2, 0.25) is 5.02 Å². The molecule has 25 heavy (non-hydrogen) atoms. The van der Waals surface area contributed by atoms with Gasteiger partial charge in [-0.2, -0.15) is 0 Å². The number of hydrogen-bond donors (Lipinski definition) is 2. The molecule has 122 valence electrons. The largest absolute Gasteiger partial charge is 0.507 e. The van der Waals surface area contributed by atoms with Crippen LogP contribution in [0.5, 0.6) is 5.75 Å². The van der Waals surface area contributed by atoms with Crippen molar-refractivity contribution in [3.05, 3.63) is 83.9 Å². The first-order valence-corrected chi connectivity index (χ1v) is 8.30. The van der Waals surface area contributed by atoms with Gasteiger partial charge in [0.25, 0.3) is 0 Å². The lowest BCUT2D eigenvalue weighted by molar-refractivity contribution is 0.477. The molecule has 0 radical (unpaired) electrons. The van der Waals surface area contributed by atoms with E-state index in [0.29, 0.717) is 16.4 Å². The zero-order valence-electron chi connectivity index (χ0n) is 13.3. The van der Waals surface area contributed by atoms with Crippen LogP contribution in [0.1, 0.15) is 0 Å². The predicted molar refractivity (Wildman–Crippen MR) is 102 cm³/mol. The summed E-state index contributed by atoms with van der Waals surface area (Å²) in [6.07, 6.45) is 0. The van der Waals surface area contributed by atoms with E-state index in [-0.39, 0.29) is 5.75 Å². The van der Waals surface area contributed by atoms with Gasteiger partial charge in [0.15, 0.2) is 0 Å². The number of H-pyrrole nitrogens is 1. The summed E-state index contributed by atoms with van der Waals surface area (Å²) in [5, 5.41) is 10.8. The molecule has 0 saturated heterocycles. The molecule has 3 aromatic carbocycles. The van der Waals surface area contributed by atoms with Crippen LogP contribution < -0.4 is 0 Å². The summed E-state index contributed by atoms with van der Waals surface area (Å²) >= 11 is 6.02. The molecular weight excluding hydrogens is 332 g/mol. The second kappa shape index (κ2) is 6.46. The lowest BCUT2D eigenvalue weighted by atomic mass is 10.1. The van der Waals surface area contributed by atoms with E-state index >= 15 is 0 Å². The molecule has 0 saturated carbocycles. The Morgan fingerprint density at radius 1 is 0.760 bits per heavy atom. The Morgan fingerprint density at radius 2 is 1.44 bits per heavy atom. The molecular formula is C21H15ClN2O. The molecule has 1 aromatic heterocycles. The number of halogens is 1. The van der Waals surface area contributed by atoms with Gasteiger partial charge in [-0.25, -0.2) is 4.98 Å². The molecule has 0 fully saturated rings. The number of rotatable bonds is 3. The van der Waals surface area contributed by atoms with Crippen LogP contribution in [-0.2, 0) is 0 Å². The van der Waals surface area contributed by atoms with Crippen molar-refractivity contribution in [3.63, 3.8) is 0 Å². The highest BCUT2D eigenvalue weighted by Crippen LogP contribution is 2.35. The third kappa shape index (κ3) is 3.02. The monoisotopic (exact) mass is 346 g/mol. The molecule has 4 heteroatoms. The summed E-state index contributed by atoms with van der Waals surface area (Å²) in [7, 11) is 0. The number of phenolic OH excluding ortho intramolecular Hbond substituents is 1. The molecule has 1 heterocycles. The van der Waals surface area contributed by atoms with Gasteiger partial charge in [-0.3, -0.25) is 0 Å². The van der Waals surface area contributed by atoms with Gasteiger partial charge in [-0.15, -0.1) is 0 Å². The molecule has 0 amide bonds. The van der Waals surface area contributed by atoms with Crippen LogP contribution in [0.25, 0.3) is 33.9 Å². The first-order valence-electron chi connectivity index (χ1n) is 7.92. The SMILES string of the molecule is Oc1ccccc1-c1nc(-c2ccccc2)c(-c2ccc(Cl)cc2)[nH]1. The number of nitrogens with zero attached hydrogens (tertiary/aromatic N) is 1. The molecule has 0 aliphatic carbocycles. The van der Waals surface area contributed by atoms with Crippen molar-refractivity contribution in [1.29, 1.82) is 0 Å². The fraction of sp³-hybridized carbons (Fsp3) is 0. The van der Waals surface area contributed by atoms with Crippen molar-refractivity contribution >= 4 is 11.6 Å². The minimum absolute atomic E-state index is 0.193. The van der Waals surface area contributed by atoms with Crippen molar-refractivity contribution in [1.82, 2.24) is 9.97 Å². The molecule has 4 aromatic rings. The Morgan fingerprint density at radius 3 is 2.16 bits per heavy atom. The maximum Gasteiger partial charge on any atom is 0.142 e. The van der Waals surface area contributed by atoms with Crippen LogP contribution in [-0.4, -0.2) is 15.1 Å². The fourth-order valence-corrected chi connectivity index (χ4v) is 2.93. The van der Waals surface area contributed by atoms with Crippen LogP contribution in [0.4, 0.5) is 0 Å². The summed E-state index contributed by atoms with van der Waals surface area (Å²) in [5.41, 5.74) is 4.38. The minimum Gasteiger partial charge on any atom is -0.507 e. The Balaban J connectivity index is 1.92. The third-order valence-corrected chi connectivity index (χ3v) is 4.30. The average Bonchev–Trinajstić information content (AvgIpc) is 3.08. The fourth-order valence-electron chi connectivity index (χ4n) is 2.81. The number of aromatic amines is 1. The highest BCUT2D eigenvalue weighted by molar-refractivity contribution is 6.30. The van der Waals surface area contributed by atoms with Gasteiger partial charge in [0.1, 0.15) is 11.6 Å². The van der Waals surface area contributed by atoms with Crippen LogP contribution >= 0.6 is 11.6 Å². The molecule has 2 N–H and O–H groups in total. The molecule has 0 unspecified atom stereocenters. The quantitative estimate of drug-likeness (QED) is 0.494. The molecule has 0 bridgehead atoms. The zero-order valence-corrected chi connectivity index (χ0v) is 14.0. The lowest BCUT2D eigenvalue weighted by Gasteiger charge is -2.03. The first kappa shape index (κ1) is 15.5. The normalized spacial score (nSPS) is 10.8. The predicted octanol–water partition coefficient (Wildman–Crippen LogP) is 5.77. The Kier molecular flexibility index (Phi) is 4.00. The third-order valence-electron chi connectivity index (χ3n) is 4.04. The Bertz CT molecular complexity index is 1010. The van der Waals surface area contributed by atoms with Gasteiger partial charge < -0.3 is 10.1 Å². The van der Waals surface area contributed by atoms with Crippen LogP contribution in [0.3, 0.4) is 0 Å². The van der Waals surface area contributed by atoms with Crippen molar-refractivity contribution in [2.45, 2.75) is 0 Å². The van der Waals surface area contributed by atoms with Crippen LogP contribution in [0.15, 0.2) is 78.9 Å². The maximum absolute atomic E-state index is 10.2. The van der Waals surface area contributed by atoms with E-state index in [1.54, 1.807) is 12.1 Å². The van der Waals surface area contributed by atoms with Gasteiger partial charge >= 0.3 is 0 Å². The van der Waals surface area contributed by atoms with Gasteiger partial charge in [-0.05, 0) is 24.3 Å². The molecule has 0 aliphatic rings. The van der Waals surface area contributed by atoms with Gasteiger partial charge in [-0.1, -0.05) is 66.2 Å². The molecule has 0 aliphatic heterocycles. The second-order valence-corrected chi connectivity index (χ2v) is 6.14. The number of benzene rings is 3. The Labute approximate surface area is 150 Å². The number of imidazole rings is 1. The second-order valence-electron chi connectivity index (χ2n) is 5.70. The number of hydrogen-bond acceptors (Lipinski definition) is 2. The highest BCUT2D eigenvalue weighted by atomic mass is 35.5. The van der Waals surface area contributed by atoms with Crippen molar-refractivity contribution < 1.29 is 5.11 Å². The number of para-hydroxylation sites is 1. The average molecular weight is 347 g/mol. The lowest BCUT2D eigenvalue weighted by Crippen LogP contribution is -1.83. The van der Waals surface area contributed by atoms with Crippen molar-refractivity contribution in [2.75, 3.05) is 0 Å². The van der Waals surface area contributed by atoms with Crippen LogP contribution in [0, 0.1) is 0 Å². The topological polar surface area (TPSA) is 48.9 Å².